The second-order valence-electron chi connectivity index (χ2n) is 3.69. The van der Waals surface area contributed by atoms with E-state index in [9.17, 15) is 14.7 Å². The van der Waals surface area contributed by atoms with Gasteiger partial charge in [-0.05, 0) is 25.1 Å². The number of halogens is 2. The molecule has 0 aromatic heterocycles. The van der Waals surface area contributed by atoms with Crippen LogP contribution in [-0.2, 0) is 4.79 Å². The summed E-state index contributed by atoms with van der Waals surface area (Å²) in [6.07, 6.45) is -1.22. The summed E-state index contributed by atoms with van der Waals surface area (Å²) in [6, 6.07) is 2.76. The molecule has 0 heterocycles. The summed E-state index contributed by atoms with van der Waals surface area (Å²) in [5, 5.41) is 20.8. The average Bonchev–Trinajstić information content (AvgIpc) is 2.23. The Morgan fingerprint density at radius 3 is 2.11 bits per heavy atom. The van der Waals surface area contributed by atoms with Gasteiger partial charge in [-0.15, -0.1) is 0 Å². The van der Waals surface area contributed by atoms with E-state index in [0.717, 1.165) is 0 Å². The second-order valence-corrected chi connectivity index (χ2v) is 4.56. The van der Waals surface area contributed by atoms with Gasteiger partial charge in [0.2, 0.25) is 0 Å². The lowest BCUT2D eigenvalue weighted by Gasteiger charge is -2.17. The first-order valence-electron chi connectivity index (χ1n) is 4.99. The maximum atomic E-state index is 11.8. The smallest absolute Gasteiger partial charge is 0.328 e. The highest BCUT2D eigenvalue weighted by molar-refractivity contribution is 6.35. The van der Waals surface area contributed by atoms with Crippen LogP contribution in [-0.4, -0.2) is 34.2 Å². The minimum atomic E-state index is -1.39. The monoisotopic (exact) mass is 291 g/mol. The number of nitrogens with one attached hydrogen (secondary N) is 1. The number of carbonyl (C=O) groups excluding carboxylic acids is 1. The van der Waals surface area contributed by atoms with Crippen LogP contribution < -0.4 is 5.32 Å². The van der Waals surface area contributed by atoms with Gasteiger partial charge >= 0.3 is 5.97 Å². The molecule has 1 rings (SSSR count). The third-order valence-electron chi connectivity index (χ3n) is 2.16. The Bertz CT molecular complexity index is 456. The Hall–Kier alpha value is -1.30. The summed E-state index contributed by atoms with van der Waals surface area (Å²) in [5.74, 6) is -2.00. The summed E-state index contributed by atoms with van der Waals surface area (Å²) in [5.41, 5.74) is 0.124. The van der Waals surface area contributed by atoms with E-state index in [1.165, 1.54) is 25.1 Å². The Labute approximate surface area is 113 Å². The lowest BCUT2D eigenvalue weighted by Crippen LogP contribution is -2.47. The number of amides is 1. The van der Waals surface area contributed by atoms with Gasteiger partial charge in [0.25, 0.3) is 5.91 Å². The van der Waals surface area contributed by atoms with Crippen LogP contribution in [0, 0.1) is 0 Å². The summed E-state index contributed by atoms with van der Waals surface area (Å²) < 4.78 is 0. The maximum Gasteiger partial charge on any atom is 0.328 e. The van der Waals surface area contributed by atoms with Crippen LogP contribution in [0.2, 0.25) is 10.0 Å². The Morgan fingerprint density at radius 1 is 1.22 bits per heavy atom. The summed E-state index contributed by atoms with van der Waals surface area (Å²) in [6.45, 7) is 1.27. The van der Waals surface area contributed by atoms with E-state index in [0.29, 0.717) is 0 Å². The third kappa shape index (κ3) is 3.87. The minimum Gasteiger partial charge on any atom is -0.480 e. The molecule has 1 unspecified atom stereocenters. The number of hydrogen-bond acceptors (Lipinski definition) is 3. The molecule has 0 fully saturated rings. The molecule has 0 radical (unpaired) electrons. The van der Waals surface area contributed by atoms with E-state index in [1.807, 2.05) is 0 Å². The molecule has 0 saturated carbocycles. The van der Waals surface area contributed by atoms with Crippen LogP contribution in [0.1, 0.15) is 17.3 Å². The average molecular weight is 292 g/mol. The summed E-state index contributed by atoms with van der Waals surface area (Å²) in [7, 11) is 0. The third-order valence-corrected chi connectivity index (χ3v) is 2.60. The second kappa shape index (κ2) is 6.04. The van der Waals surface area contributed by atoms with Crippen molar-refractivity contribution in [2.24, 2.45) is 0 Å². The Kier molecular flexibility index (Phi) is 4.95. The number of aliphatic hydroxyl groups excluding tert-OH is 1. The quantitative estimate of drug-likeness (QED) is 0.786. The lowest BCUT2D eigenvalue weighted by atomic mass is 10.1. The molecule has 0 aliphatic carbocycles. The van der Waals surface area contributed by atoms with Crippen molar-refractivity contribution in [1.82, 2.24) is 5.32 Å². The molecule has 0 aliphatic heterocycles. The highest BCUT2D eigenvalue weighted by Crippen LogP contribution is 2.19. The predicted octanol–water partition coefficient (Wildman–Crippen LogP) is 1.56. The van der Waals surface area contributed by atoms with Gasteiger partial charge in [-0.1, -0.05) is 23.2 Å². The van der Waals surface area contributed by atoms with Crippen molar-refractivity contribution >= 4 is 35.1 Å². The van der Waals surface area contributed by atoms with Crippen molar-refractivity contribution in [3.63, 3.8) is 0 Å². The van der Waals surface area contributed by atoms with Gasteiger partial charge in [0, 0.05) is 15.6 Å². The summed E-state index contributed by atoms with van der Waals surface area (Å²) in [4.78, 5) is 22.6. The number of aliphatic carboxylic acids is 1. The number of hydrogen-bond donors (Lipinski definition) is 3. The molecule has 0 spiro atoms. The Morgan fingerprint density at radius 2 is 1.72 bits per heavy atom. The molecule has 1 aromatic carbocycles. The molecule has 1 amide bonds. The zero-order valence-corrected chi connectivity index (χ0v) is 10.9. The predicted molar refractivity (Wildman–Crippen MR) is 67.0 cm³/mol. The number of aliphatic hydroxyl groups is 1. The minimum absolute atomic E-state index is 0.124. The van der Waals surface area contributed by atoms with Crippen molar-refractivity contribution < 1.29 is 19.8 Å². The molecular formula is C11H11Cl2NO4. The van der Waals surface area contributed by atoms with Crippen molar-refractivity contribution in [3.05, 3.63) is 33.8 Å². The fourth-order valence-corrected chi connectivity index (χ4v) is 1.82. The van der Waals surface area contributed by atoms with Gasteiger partial charge < -0.3 is 15.5 Å². The van der Waals surface area contributed by atoms with Gasteiger partial charge in [0.15, 0.2) is 6.04 Å². The Balaban J connectivity index is 2.90. The van der Waals surface area contributed by atoms with Crippen LogP contribution in [0.15, 0.2) is 18.2 Å². The number of benzene rings is 1. The molecule has 0 aliphatic rings. The molecule has 0 saturated heterocycles. The van der Waals surface area contributed by atoms with E-state index in [4.69, 9.17) is 28.3 Å². The first-order valence-corrected chi connectivity index (χ1v) is 5.74. The maximum absolute atomic E-state index is 11.8. The SMILES string of the molecule is CC(O)[C@H](NC(=O)c1cc(Cl)cc(Cl)c1)C(=O)O. The molecule has 7 heteroatoms. The van der Waals surface area contributed by atoms with Crippen LogP contribution in [0.3, 0.4) is 0 Å². The van der Waals surface area contributed by atoms with Crippen molar-refractivity contribution in [1.29, 1.82) is 0 Å². The molecule has 5 nitrogen and oxygen atoms in total. The number of rotatable bonds is 4. The van der Waals surface area contributed by atoms with E-state index < -0.39 is 24.0 Å². The molecule has 98 valence electrons. The standard InChI is InChI=1S/C11H11Cl2NO4/c1-5(15)9(11(17)18)14-10(16)6-2-7(12)4-8(13)3-6/h2-5,9,15H,1H3,(H,14,16)(H,17,18)/t5?,9-/m0/s1. The fraction of sp³-hybridized carbons (Fsp3) is 0.273. The first-order chi connectivity index (χ1) is 8.31. The van der Waals surface area contributed by atoms with Crippen LogP contribution >= 0.6 is 23.2 Å². The largest absolute Gasteiger partial charge is 0.480 e. The normalized spacial score (nSPS) is 13.8. The van der Waals surface area contributed by atoms with E-state index >= 15 is 0 Å². The van der Waals surface area contributed by atoms with Crippen LogP contribution in [0.4, 0.5) is 0 Å². The van der Waals surface area contributed by atoms with Gasteiger partial charge in [-0.2, -0.15) is 0 Å². The summed E-state index contributed by atoms with van der Waals surface area (Å²) >= 11 is 11.5. The highest BCUT2D eigenvalue weighted by Gasteiger charge is 2.25. The van der Waals surface area contributed by atoms with Crippen molar-refractivity contribution in [3.8, 4) is 0 Å². The molecule has 3 N–H and O–H groups in total. The van der Waals surface area contributed by atoms with Crippen molar-refractivity contribution in [2.45, 2.75) is 19.1 Å². The van der Waals surface area contributed by atoms with Crippen LogP contribution in [0.5, 0.6) is 0 Å². The van der Waals surface area contributed by atoms with Crippen molar-refractivity contribution in [2.75, 3.05) is 0 Å². The topological polar surface area (TPSA) is 86.6 Å². The molecule has 18 heavy (non-hydrogen) atoms. The van der Waals surface area contributed by atoms with E-state index in [2.05, 4.69) is 5.32 Å². The van der Waals surface area contributed by atoms with Gasteiger partial charge in [0.05, 0.1) is 6.10 Å². The van der Waals surface area contributed by atoms with Gasteiger partial charge in [-0.3, -0.25) is 4.79 Å². The fourth-order valence-electron chi connectivity index (χ4n) is 1.30. The van der Waals surface area contributed by atoms with Crippen LogP contribution in [0.25, 0.3) is 0 Å². The number of carbonyl (C=O) groups is 2. The number of carboxylic acid groups (broad SMARTS) is 1. The van der Waals surface area contributed by atoms with Gasteiger partial charge in [-0.25, -0.2) is 4.79 Å². The molecule has 1 aromatic rings. The molecule has 0 bridgehead atoms. The zero-order valence-electron chi connectivity index (χ0n) is 9.35. The zero-order chi connectivity index (χ0) is 13.9. The first kappa shape index (κ1) is 14.8. The highest BCUT2D eigenvalue weighted by atomic mass is 35.5. The van der Waals surface area contributed by atoms with E-state index in [-0.39, 0.29) is 15.6 Å². The lowest BCUT2D eigenvalue weighted by molar-refractivity contribution is -0.141. The van der Waals surface area contributed by atoms with E-state index in [1.54, 1.807) is 0 Å². The van der Waals surface area contributed by atoms with Gasteiger partial charge in [0.1, 0.15) is 0 Å². The number of carboxylic acids is 1. The molecular weight excluding hydrogens is 281 g/mol. The molecule has 2 atom stereocenters.